The Labute approximate surface area is 159 Å². The molecule has 2 N–H and O–H groups in total. The van der Waals surface area contributed by atoms with Crippen LogP contribution in [0.1, 0.15) is 53.0 Å². The summed E-state index contributed by atoms with van der Waals surface area (Å²) in [6.45, 7) is 14.6. The van der Waals surface area contributed by atoms with E-state index in [9.17, 15) is 0 Å². The number of hydrogen-bond acceptors (Lipinski definition) is 3. The first-order valence-electron chi connectivity index (χ1n) is 10.0. The fraction of sp³-hybridized carbons (Fsp3) is 0.667. The van der Waals surface area contributed by atoms with Crippen LogP contribution in [0, 0.1) is 0 Å². The summed E-state index contributed by atoms with van der Waals surface area (Å²) in [5, 5.41) is 6.98. The number of nitrogens with zero attached hydrogens (tertiary/aromatic N) is 2. The molecular formula is C21H36N4O. The van der Waals surface area contributed by atoms with Gasteiger partial charge in [-0.2, -0.15) is 0 Å². The molecule has 1 aromatic carbocycles. The summed E-state index contributed by atoms with van der Waals surface area (Å²) < 4.78 is 5.69. The van der Waals surface area contributed by atoms with Crippen LogP contribution in [0.4, 0.5) is 0 Å². The quantitative estimate of drug-likeness (QED) is 0.578. The van der Waals surface area contributed by atoms with E-state index in [4.69, 9.17) is 9.73 Å². The number of benzene rings is 1. The summed E-state index contributed by atoms with van der Waals surface area (Å²) in [5.41, 5.74) is 1.19. The van der Waals surface area contributed by atoms with E-state index < -0.39 is 0 Å². The smallest absolute Gasteiger partial charge is 0.191 e. The van der Waals surface area contributed by atoms with Crippen LogP contribution in [-0.2, 0) is 6.54 Å². The number of guanidine groups is 1. The highest BCUT2D eigenvalue weighted by Gasteiger charge is 2.21. The monoisotopic (exact) mass is 360 g/mol. The van der Waals surface area contributed by atoms with Gasteiger partial charge in [0.25, 0.3) is 0 Å². The number of piperidine rings is 1. The predicted molar refractivity (Wildman–Crippen MR) is 110 cm³/mol. The molecule has 0 unspecified atom stereocenters. The van der Waals surface area contributed by atoms with Gasteiger partial charge < -0.3 is 20.3 Å². The second-order valence-corrected chi connectivity index (χ2v) is 7.55. The maximum Gasteiger partial charge on any atom is 0.191 e. The molecule has 1 heterocycles. The molecule has 0 bridgehead atoms. The standard InChI is InChI=1S/C21H36N4O/c1-6-22-21(24-19-11-13-25(14-12-19)16(2)3)23-15-18-7-9-20(10-8-18)26-17(4)5/h7-10,16-17,19H,6,11-15H2,1-5H3,(H2,22,23,24). The van der Waals surface area contributed by atoms with Gasteiger partial charge in [-0.3, -0.25) is 0 Å². The molecule has 0 saturated carbocycles. The maximum atomic E-state index is 5.69. The first-order valence-corrected chi connectivity index (χ1v) is 10.0. The van der Waals surface area contributed by atoms with Crippen LogP contribution in [-0.4, -0.2) is 48.7 Å². The van der Waals surface area contributed by atoms with Crippen LogP contribution >= 0.6 is 0 Å². The summed E-state index contributed by atoms with van der Waals surface area (Å²) in [6, 6.07) is 9.36. The number of rotatable bonds is 7. The highest BCUT2D eigenvalue weighted by atomic mass is 16.5. The van der Waals surface area contributed by atoms with E-state index in [1.165, 1.54) is 18.4 Å². The van der Waals surface area contributed by atoms with Gasteiger partial charge in [0.15, 0.2) is 5.96 Å². The molecule has 0 amide bonds. The predicted octanol–water partition coefficient (Wildman–Crippen LogP) is 3.40. The largest absolute Gasteiger partial charge is 0.491 e. The van der Waals surface area contributed by atoms with E-state index in [-0.39, 0.29) is 6.10 Å². The lowest BCUT2D eigenvalue weighted by Gasteiger charge is -2.35. The summed E-state index contributed by atoms with van der Waals surface area (Å²) in [6.07, 6.45) is 2.54. The second kappa shape index (κ2) is 10.4. The van der Waals surface area contributed by atoms with Gasteiger partial charge in [-0.1, -0.05) is 12.1 Å². The molecule has 0 aromatic heterocycles. The van der Waals surface area contributed by atoms with Gasteiger partial charge in [0.05, 0.1) is 12.6 Å². The lowest BCUT2D eigenvalue weighted by molar-refractivity contribution is 0.167. The molecule has 0 atom stereocenters. The van der Waals surface area contributed by atoms with Crippen LogP contribution in [0.3, 0.4) is 0 Å². The van der Waals surface area contributed by atoms with E-state index >= 15 is 0 Å². The maximum absolute atomic E-state index is 5.69. The van der Waals surface area contributed by atoms with Gasteiger partial charge in [0.2, 0.25) is 0 Å². The average Bonchev–Trinajstić information content (AvgIpc) is 2.61. The minimum absolute atomic E-state index is 0.200. The molecule has 0 radical (unpaired) electrons. The zero-order valence-electron chi connectivity index (χ0n) is 17.1. The Hall–Kier alpha value is -1.75. The molecule has 1 aromatic rings. The van der Waals surface area contributed by atoms with Crippen molar-refractivity contribution in [3.05, 3.63) is 29.8 Å². The molecule has 2 rings (SSSR count). The molecular weight excluding hydrogens is 324 g/mol. The van der Waals surface area contributed by atoms with Crippen molar-refractivity contribution >= 4 is 5.96 Å². The van der Waals surface area contributed by atoms with Gasteiger partial charge in [-0.15, -0.1) is 0 Å². The molecule has 26 heavy (non-hydrogen) atoms. The summed E-state index contributed by atoms with van der Waals surface area (Å²) >= 11 is 0. The molecule has 1 saturated heterocycles. The van der Waals surface area contributed by atoms with Crippen molar-refractivity contribution in [2.75, 3.05) is 19.6 Å². The van der Waals surface area contributed by atoms with Crippen molar-refractivity contribution in [2.45, 2.75) is 72.2 Å². The molecule has 5 heteroatoms. The highest BCUT2D eigenvalue weighted by Crippen LogP contribution is 2.15. The van der Waals surface area contributed by atoms with Crippen molar-refractivity contribution in [3.63, 3.8) is 0 Å². The van der Waals surface area contributed by atoms with E-state index in [1.54, 1.807) is 0 Å². The number of ether oxygens (including phenoxy) is 1. The Morgan fingerprint density at radius 3 is 2.35 bits per heavy atom. The Morgan fingerprint density at radius 1 is 1.15 bits per heavy atom. The number of aliphatic imine (C=N–C) groups is 1. The minimum Gasteiger partial charge on any atom is -0.491 e. The van der Waals surface area contributed by atoms with Gasteiger partial charge in [-0.05, 0) is 65.2 Å². The third kappa shape index (κ3) is 6.87. The topological polar surface area (TPSA) is 48.9 Å². The van der Waals surface area contributed by atoms with E-state index in [0.717, 1.165) is 31.3 Å². The minimum atomic E-state index is 0.200. The molecule has 146 valence electrons. The van der Waals surface area contributed by atoms with Crippen LogP contribution < -0.4 is 15.4 Å². The van der Waals surface area contributed by atoms with E-state index in [0.29, 0.717) is 18.6 Å². The SMILES string of the molecule is CCNC(=NCc1ccc(OC(C)C)cc1)NC1CCN(C(C)C)CC1. The van der Waals surface area contributed by atoms with Crippen molar-refractivity contribution < 1.29 is 4.74 Å². The summed E-state index contributed by atoms with van der Waals surface area (Å²) in [5.74, 6) is 1.83. The Bertz CT molecular complexity index is 546. The third-order valence-corrected chi connectivity index (χ3v) is 4.66. The first kappa shape index (κ1) is 20.6. The van der Waals surface area contributed by atoms with Gasteiger partial charge >= 0.3 is 0 Å². The highest BCUT2D eigenvalue weighted by molar-refractivity contribution is 5.80. The first-order chi connectivity index (χ1) is 12.5. The number of hydrogen-bond donors (Lipinski definition) is 2. The summed E-state index contributed by atoms with van der Waals surface area (Å²) in [7, 11) is 0. The van der Waals surface area contributed by atoms with Crippen LogP contribution in [0.25, 0.3) is 0 Å². The van der Waals surface area contributed by atoms with Crippen LogP contribution in [0.2, 0.25) is 0 Å². The molecule has 1 fully saturated rings. The van der Waals surface area contributed by atoms with Crippen molar-refractivity contribution in [1.82, 2.24) is 15.5 Å². The number of likely N-dealkylation sites (tertiary alicyclic amines) is 1. The Morgan fingerprint density at radius 2 is 1.81 bits per heavy atom. The molecule has 1 aliphatic heterocycles. The second-order valence-electron chi connectivity index (χ2n) is 7.55. The lowest BCUT2D eigenvalue weighted by atomic mass is 10.0. The van der Waals surface area contributed by atoms with Crippen LogP contribution in [0.5, 0.6) is 5.75 Å². The summed E-state index contributed by atoms with van der Waals surface area (Å²) in [4.78, 5) is 7.31. The van der Waals surface area contributed by atoms with Gasteiger partial charge in [0.1, 0.15) is 5.75 Å². The van der Waals surface area contributed by atoms with Crippen molar-refractivity contribution in [1.29, 1.82) is 0 Å². The Kier molecular flexibility index (Phi) is 8.23. The molecule has 0 aliphatic carbocycles. The average molecular weight is 361 g/mol. The fourth-order valence-corrected chi connectivity index (χ4v) is 3.19. The third-order valence-electron chi connectivity index (χ3n) is 4.66. The van der Waals surface area contributed by atoms with E-state index in [1.807, 2.05) is 26.0 Å². The molecule has 0 spiro atoms. The lowest BCUT2D eigenvalue weighted by Crippen LogP contribution is -2.49. The number of nitrogens with one attached hydrogen (secondary N) is 2. The molecule has 1 aliphatic rings. The van der Waals surface area contributed by atoms with Crippen molar-refractivity contribution in [3.8, 4) is 5.75 Å². The Balaban J connectivity index is 1.88. The molecule has 5 nitrogen and oxygen atoms in total. The van der Waals surface area contributed by atoms with Gasteiger partial charge in [0, 0.05) is 31.7 Å². The van der Waals surface area contributed by atoms with Gasteiger partial charge in [-0.25, -0.2) is 4.99 Å². The van der Waals surface area contributed by atoms with E-state index in [2.05, 4.69) is 48.4 Å². The fourth-order valence-electron chi connectivity index (χ4n) is 3.19. The normalized spacial score (nSPS) is 17.0. The van der Waals surface area contributed by atoms with Crippen molar-refractivity contribution in [2.24, 2.45) is 4.99 Å². The zero-order chi connectivity index (χ0) is 18.9. The zero-order valence-corrected chi connectivity index (χ0v) is 17.1. The van der Waals surface area contributed by atoms with Crippen LogP contribution in [0.15, 0.2) is 29.3 Å².